The fourth-order valence-corrected chi connectivity index (χ4v) is 7.88. The Bertz CT molecular complexity index is 833. The SMILES string of the molecule is CCCCCCCCC(CCCCCC)COC(=O)CCCCCN(CCCCCCl)CC(O)CNCCOC(=O)C(CCCCCC)CCCCCCCC. The summed E-state index contributed by atoms with van der Waals surface area (Å²) >= 11 is 5.93. The van der Waals surface area contributed by atoms with E-state index in [-0.39, 0.29) is 17.9 Å². The van der Waals surface area contributed by atoms with E-state index in [1.165, 1.54) is 128 Å². The number of hydrogen-bond donors (Lipinski definition) is 2. The molecule has 0 bridgehead atoms. The maximum atomic E-state index is 13.0. The number of carbonyl (C=O) groups is 2. The number of halogens is 1. The van der Waals surface area contributed by atoms with Crippen LogP contribution in [-0.2, 0) is 19.1 Å². The van der Waals surface area contributed by atoms with Crippen LogP contribution in [0.3, 0.4) is 0 Å². The molecule has 2 N–H and O–H groups in total. The molecule has 0 spiro atoms. The molecule has 56 heavy (non-hydrogen) atoms. The number of nitrogens with one attached hydrogen (secondary N) is 1. The second-order valence-corrected chi connectivity index (χ2v) is 17.3. The smallest absolute Gasteiger partial charge is 0.308 e. The van der Waals surface area contributed by atoms with Crippen molar-refractivity contribution < 1.29 is 24.2 Å². The highest BCUT2D eigenvalue weighted by Crippen LogP contribution is 2.22. The molecule has 7 nitrogen and oxygen atoms in total. The number of unbranched alkanes of at least 4 members (excludes halogenated alkanes) is 20. The van der Waals surface area contributed by atoms with Crippen LogP contribution in [0.4, 0.5) is 0 Å². The zero-order chi connectivity index (χ0) is 41.2. The van der Waals surface area contributed by atoms with Crippen LogP contribution in [0.25, 0.3) is 0 Å². The average molecular weight is 816 g/mol. The largest absolute Gasteiger partial charge is 0.465 e. The molecular formula is C48H95ClN2O5. The van der Waals surface area contributed by atoms with Gasteiger partial charge in [-0.2, -0.15) is 0 Å². The van der Waals surface area contributed by atoms with Crippen LogP contribution in [0.15, 0.2) is 0 Å². The van der Waals surface area contributed by atoms with Gasteiger partial charge in [-0.25, -0.2) is 0 Å². The lowest BCUT2D eigenvalue weighted by Gasteiger charge is -2.25. The third-order valence-electron chi connectivity index (χ3n) is 11.4. The topological polar surface area (TPSA) is 88.1 Å². The highest BCUT2D eigenvalue weighted by Gasteiger charge is 2.20. The predicted octanol–water partition coefficient (Wildman–Crippen LogP) is 13.0. The molecule has 334 valence electrons. The van der Waals surface area contributed by atoms with E-state index in [1.54, 1.807) is 0 Å². The molecule has 3 atom stereocenters. The molecule has 0 heterocycles. The first kappa shape index (κ1) is 55.1. The monoisotopic (exact) mass is 815 g/mol. The summed E-state index contributed by atoms with van der Waals surface area (Å²) < 4.78 is 11.6. The molecule has 0 radical (unpaired) electrons. The molecule has 0 aromatic carbocycles. The number of hydrogen-bond acceptors (Lipinski definition) is 7. The normalized spacial score (nSPS) is 13.3. The van der Waals surface area contributed by atoms with Gasteiger partial charge in [0.25, 0.3) is 0 Å². The van der Waals surface area contributed by atoms with E-state index in [2.05, 4.69) is 37.9 Å². The van der Waals surface area contributed by atoms with Crippen molar-refractivity contribution in [1.29, 1.82) is 0 Å². The summed E-state index contributed by atoms with van der Waals surface area (Å²) in [5.41, 5.74) is 0. The first-order valence-corrected chi connectivity index (χ1v) is 24.9. The zero-order valence-corrected chi connectivity index (χ0v) is 38.5. The van der Waals surface area contributed by atoms with Crippen molar-refractivity contribution >= 4 is 23.5 Å². The van der Waals surface area contributed by atoms with Crippen molar-refractivity contribution in [1.82, 2.24) is 10.2 Å². The second-order valence-electron chi connectivity index (χ2n) is 16.9. The minimum Gasteiger partial charge on any atom is -0.465 e. The molecule has 0 saturated heterocycles. The van der Waals surface area contributed by atoms with Gasteiger partial charge in [-0.3, -0.25) is 9.59 Å². The van der Waals surface area contributed by atoms with Crippen LogP contribution in [0.1, 0.15) is 227 Å². The Morgan fingerprint density at radius 3 is 1.59 bits per heavy atom. The van der Waals surface area contributed by atoms with Crippen molar-refractivity contribution in [2.75, 3.05) is 51.8 Å². The van der Waals surface area contributed by atoms with E-state index in [1.807, 2.05) is 0 Å². The number of aliphatic hydroxyl groups is 1. The van der Waals surface area contributed by atoms with Gasteiger partial charge in [0.1, 0.15) is 6.61 Å². The molecule has 0 aliphatic heterocycles. The quantitative estimate of drug-likeness (QED) is 0.0359. The highest BCUT2D eigenvalue weighted by atomic mass is 35.5. The Morgan fingerprint density at radius 2 is 1.05 bits per heavy atom. The maximum absolute atomic E-state index is 13.0. The van der Waals surface area contributed by atoms with Gasteiger partial charge in [0.15, 0.2) is 0 Å². The fourth-order valence-electron chi connectivity index (χ4n) is 7.69. The predicted molar refractivity (Wildman–Crippen MR) is 241 cm³/mol. The Balaban J connectivity index is 4.56. The van der Waals surface area contributed by atoms with Crippen molar-refractivity contribution in [3.8, 4) is 0 Å². The Labute approximate surface area is 353 Å². The van der Waals surface area contributed by atoms with Gasteiger partial charge in [-0.05, 0) is 70.4 Å². The number of aliphatic hydroxyl groups excluding tert-OH is 1. The first-order chi connectivity index (χ1) is 27.4. The molecule has 0 fully saturated rings. The number of esters is 2. The van der Waals surface area contributed by atoms with Gasteiger partial charge < -0.3 is 24.8 Å². The molecule has 0 amide bonds. The van der Waals surface area contributed by atoms with Crippen LogP contribution in [0.2, 0.25) is 0 Å². The summed E-state index contributed by atoms with van der Waals surface area (Å²) in [6, 6.07) is 0. The van der Waals surface area contributed by atoms with Crippen molar-refractivity contribution in [2.24, 2.45) is 11.8 Å². The van der Waals surface area contributed by atoms with Crippen LogP contribution < -0.4 is 5.32 Å². The maximum Gasteiger partial charge on any atom is 0.308 e. The highest BCUT2D eigenvalue weighted by molar-refractivity contribution is 6.17. The van der Waals surface area contributed by atoms with Crippen LogP contribution in [0.5, 0.6) is 0 Å². The lowest BCUT2D eigenvalue weighted by Crippen LogP contribution is -2.40. The van der Waals surface area contributed by atoms with E-state index < -0.39 is 6.10 Å². The zero-order valence-electron chi connectivity index (χ0n) is 37.7. The minimum atomic E-state index is -0.501. The van der Waals surface area contributed by atoms with Gasteiger partial charge >= 0.3 is 11.9 Å². The Morgan fingerprint density at radius 1 is 0.589 bits per heavy atom. The third-order valence-corrected chi connectivity index (χ3v) is 11.7. The molecule has 0 aliphatic rings. The van der Waals surface area contributed by atoms with Gasteiger partial charge in [-0.1, -0.05) is 169 Å². The average Bonchev–Trinajstić information content (AvgIpc) is 3.19. The van der Waals surface area contributed by atoms with Gasteiger partial charge in [0.05, 0.1) is 18.6 Å². The number of nitrogens with zero attached hydrogens (tertiary/aromatic N) is 1. The molecule has 0 rings (SSSR count). The van der Waals surface area contributed by atoms with E-state index >= 15 is 0 Å². The molecule has 0 aromatic rings. The Kier molecular flexibility index (Phi) is 43.0. The van der Waals surface area contributed by atoms with Crippen LogP contribution in [-0.4, -0.2) is 79.9 Å². The molecule has 8 heteroatoms. The first-order valence-electron chi connectivity index (χ1n) is 24.4. The van der Waals surface area contributed by atoms with Crippen molar-refractivity contribution in [3.05, 3.63) is 0 Å². The molecule has 3 unspecified atom stereocenters. The second kappa shape index (κ2) is 43.7. The molecule has 0 aliphatic carbocycles. The van der Waals surface area contributed by atoms with Gasteiger partial charge in [0.2, 0.25) is 0 Å². The van der Waals surface area contributed by atoms with Crippen molar-refractivity contribution in [3.63, 3.8) is 0 Å². The number of carbonyl (C=O) groups excluding carboxylic acids is 2. The van der Waals surface area contributed by atoms with Gasteiger partial charge in [-0.15, -0.1) is 11.6 Å². The van der Waals surface area contributed by atoms with Crippen LogP contribution in [0, 0.1) is 11.8 Å². The van der Waals surface area contributed by atoms with E-state index in [0.29, 0.717) is 51.1 Å². The van der Waals surface area contributed by atoms with Crippen molar-refractivity contribution in [2.45, 2.75) is 233 Å². The lowest BCUT2D eigenvalue weighted by molar-refractivity contribution is -0.149. The summed E-state index contributed by atoms with van der Waals surface area (Å²) in [6.45, 7) is 13.4. The van der Waals surface area contributed by atoms with Crippen LogP contribution >= 0.6 is 11.6 Å². The fraction of sp³-hybridized carbons (Fsp3) is 0.958. The summed E-state index contributed by atoms with van der Waals surface area (Å²) in [6.07, 6.45) is 35.2. The minimum absolute atomic E-state index is 0.0128. The number of ether oxygens (including phenoxy) is 2. The standard InChI is InChI=1S/C48H95ClN2O5/c1-5-9-13-17-19-24-32-44(31-23-15-11-7-3)43-56-47(53)35-27-21-29-38-51(39-30-22-28-36-49)42-46(52)41-50-37-40-55-48(54)45(33-25-16-12-8-4)34-26-20-18-14-10-6-2/h44-46,50,52H,5-43H2,1-4H3. The number of rotatable bonds is 45. The molecule has 0 saturated carbocycles. The van der Waals surface area contributed by atoms with E-state index in [4.69, 9.17) is 21.1 Å². The van der Waals surface area contributed by atoms with E-state index in [9.17, 15) is 14.7 Å². The van der Waals surface area contributed by atoms with Gasteiger partial charge in [0, 0.05) is 31.9 Å². The summed E-state index contributed by atoms with van der Waals surface area (Å²) in [4.78, 5) is 28.0. The molecular weight excluding hydrogens is 720 g/mol. The van der Waals surface area contributed by atoms with E-state index in [0.717, 1.165) is 77.3 Å². The summed E-state index contributed by atoms with van der Waals surface area (Å²) in [5, 5.41) is 14.2. The lowest BCUT2D eigenvalue weighted by atomic mass is 9.94. The third kappa shape index (κ3) is 37.4. The summed E-state index contributed by atoms with van der Waals surface area (Å²) in [7, 11) is 0. The molecule has 0 aromatic heterocycles. The summed E-state index contributed by atoms with van der Waals surface area (Å²) in [5.74, 6) is 1.11. The Hall–Kier alpha value is -0.890. The number of alkyl halides is 1.